The third-order valence-electron chi connectivity index (χ3n) is 3.41. The number of rotatable bonds is 6. The van der Waals surface area contributed by atoms with Gasteiger partial charge in [0.2, 0.25) is 0 Å². The maximum absolute atomic E-state index is 4.59. The Kier molecular flexibility index (Phi) is 4.24. The highest BCUT2D eigenvalue weighted by atomic mass is 15.3. The van der Waals surface area contributed by atoms with Crippen molar-refractivity contribution in [2.24, 2.45) is 7.05 Å². The van der Waals surface area contributed by atoms with Crippen LogP contribution in [-0.4, -0.2) is 19.6 Å². The van der Waals surface area contributed by atoms with Gasteiger partial charge in [-0.15, -0.1) is 0 Å². The van der Waals surface area contributed by atoms with Gasteiger partial charge in [-0.3, -0.25) is 9.36 Å². The number of nitrogens with one attached hydrogen (secondary N) is 1. The zero-order valence-corrected chi connectivity index (χ0v) is 12.2. The Bertz CT molecular complexity index is 526. The highest BCUT2D eigenvalue weighted by molar-refractivity contribution is 5.46. The van der Waals surface area contributed by atoms with Gasteiger partial charge in [0.15, 0.2) is 0 Å². The quantitative estimate of drug-likeness (QED) is 0.869. The number of hydrogen-bond donors (Lipinski definition) is 1. The minimum absolute atomic E-state index is 0.457. The molecule has 1 unspecified atom stereocenters. The summed E-state index contributed by atoms with van der Waals surface area (Å²) in [4.78, 5) is 0. The van der Waals surface area contributed by atoms with Crippen molar-refractivity contribution in [1.82, 2.24) is 19.6 Å². The lowest BCUT2D eigenvalue weighted by molar-refractivity contribution is 0.474. The minimum Gasteiger partial charge on any atom is -0.377 e. The molecule has 1 N–H and O–H groups in total. The van der Waals surface area contributed by atoms with Crippen LogP contribution in [0, 0.1) is 0 Å². The van der Waals surface area contributed by atoms with Crippen LogP contribution in [0.4, 0.5) is 5.69 Å². The molecule has 0 radical (unpaired) electrons. The zero-order valence-electron chi connectivity index (χ0n) is 12.2. The van der Waals surface area contributed by atoms with Crippen LogP contribution < -0.4 is 5.32 Å². The predicted octanol–water partition coefficient (Wildman–Crippen LogP) is 2.76. The van der Waals surface area contributed by atoms with Crippen LogP contribution >= 0.6 is 0 Å². The number of hydrogen-bond acceptors (Lipinski definition) is 3. The van der Waals surface area contributed by atoms with Crippen molar-refractivity contribution < 1.29 is 0 Å². The molecule has 2 aromatic heterocycles. The van der Waals surface area contributed by atoms with Gasteiger partial charge in [0, 0.05) is 25.5 Å². The van der Waals surface area contributed by atoms with Gasteiger partial charge in [-0.05, 0) is 25.8 Å². The topological polar surface area (TPSA) is 47.7 Å². The summed E-state index contributed by atoms with van der Waals surface area (Å²) in [5, 5.41) is 12.4. The minimum atomic E-state index is 0.457. The van der Waals surface area contributed by atoms with E-state index in [9.17, 15) is 0 Å². The summed E-state index contributed by atoms with van der Waals surface area (Å²) >= 11 is 0. The van der Waals surface area contributed by atoms with Gasteiger partial charge in [-0.2, -0.15) is 10.2 Å². The monoisotopic (exact) mass is 261 g/mol. The molecule has 0 aliphatic heterocycles. The van der Waals surface area contributed by atoms with Crippen molar-refractivity contribution in [1.29, 1.82) is 0 Å². The third kappa shape index (κ3) is 3.16. The second kappa shape index (κ2) is 5.91. The first-order valence-corrected chi connectivity index (χ1v) is 6.94. The van der Waals surface area contributed by atoms with Crippen LogP contribution in [0.15, 0.2) is 18.5 Å². The van der Waals surface area contributed by atoms with Crippen LogP contribution in [0.3, 0.4) is 0 Å². The van der Waals surface area contributed by atoms with Gasteiger partial charge in [0.05, 0.1) is 23.6 Å². The fourth-order valence-electron chi connectivity index (χ4n) is 2.03. The summed E-state index contributed by atoms with van der Waals surface area (Å²) in [5.41, 5.74) is 3.26. The first kappa shape index (κ1) is 13.6. The maximum Gasteiger partial charge on any atom is 0.0853 e. The Hall–Kier alpha value is -1.78. The lowest BCUT2D eigenvalue weighted by Gasteiger charge is -2.08. The van der Waals surface area contributed by atoms with E-state index in [2.05, 4.69) is 48.5 Å². The largest absolute Gasteiger partial charge is 0.377 e. The van der Waals surface area contributed by atoms with E-state index in [0.717, 1.165) is 36.5 Å². The number of aromatic nitrogens is 4. The van der Waals surface area contributed by atoms with Gasteiger partial charge in [-0.1, -0.05) is 13.8 Å². The van der Waals surface area contributed by atoms with Gasteiger partial charge >= 0.3 is 0 Å². The normalized spacial score (nSPS) is 12.6. The van der Waals surface area contributed by atoms with E-state index in [-0.39, 0.29) is 0 Å². The molecule has 2 heterocycles. The van der Waals surface area contributed by atoms with Crippen LogP contribution in [-0.2, 0) is 20.0 Å². The lowest BCUT2D eigenvalue weighted by atomic mass is 10.3. The van der Waals surface area contributed by atoms with E-state index in [0.29, 0.717) is 6.04 Å². The van der Waals surface area contributed by atoms with Crippen molar-refractivity contribution in [2.75, 3.05) is 5.32 Å². The Labute approximate surface area is 114 Å². The third-order valence-corrected chi connectivity index (χ3v) is 3.41. The molecule has 104 valence electrons. The van der Waals surface area contributed by atoms with E-state index in [4.69, 9.17) is 0 Å². The number of nitrogens with zero attached hydrogens (tertiary/aromatic N) is 4. The van der Waals surface area contributed by atoms with E-state index in [1.54, 1.807) is 0 Å². The summed E-state index contributed by atoms with van der Waals surface area (Å²) in [5.74, 6) is 0. The Morgan fingerprint density at radius 2 is 2.11 bits per heavy atom. The number of anilines is 1. The molecule has 0 aliphatic carbocycles. The standard InChI is InChI=1S/C14H23N5/c1-5-11(3)19-8-7-12(16-19)9-15-14-10-18(4)17-13(14)6-2/h7-8,10-11,15H,5-6,9H2,1-4H3. The van der Waals surface area contributed by atoms with Gasteiger partial charge in [-0.25, -0.2) is 0 Å². The first-order chi connectivity index (χ1) is 9.13. The molecule has 5 nitrogen and oxygen atoms in total. The Balaban J connectivity index is 2.00. The highest BCUT2D eigenvalue weighted by Crippen LogP contribution is 2.15. The predicted molar refractivity (Wildman–Crippen MR) is 77.1 cm³/mol. The smallest absolute Gasteiger partial charge is 0.0853 e. The second-order valence-corrected chi connectivity index (χ2v) is 4.91. The fourth-order valence-corrected chi connectivity index (χ4v) is 2.03. The molecule has 19 heavy (non-hydrogen) atoms. The fraction of sp³-hybridized carbons (Fsp3) is 0.571. The molecule has 0 amide bonds. The van der Waals surface area contributed by atoms with Crippen molar-refractivity contribution in [3.8, 4) is 0 Å². The molecule has 0 spiro atoms. The molecule has 5 heteroatoms. The molecule has 0 fully saturated rings. The van der Waals surface area contributed by atoms with E-state index < -0.39 is 0 Å². The van der Waals surface area contributed by atoms with E-state index >= 15 is 0 Å². The van der Waals surface area contributed by atoms with Crippen molar-refractivity contribution >= 4 is 5.69 Å². The summed E-state index contributed by atoms with van der Waals surface area (Å²) in [7, 11) is 1.95. The van der Waals surface area contributed by atoms with Crippen LogP contribution in [0.5, 0.6) is 0 Å². The maximum atomic E-state index is 4.59. The molecule has 0 bridgehead atoms. The zero-order chi connectivity index (χ0) is 13.8. The van der Waals surface area contributed by atoms with E-state index in [1.165, 1.54) is 0 Å². The first-order valence-electron chi connectivity index (χ1n) is 6.94. The molecule has 0 aliphatic rings. The summed E-state index contributed by atoms with van der Waals surface area (Å²) in [6.45, 7) is 7.21. The van der Waals surface area contributed by atoms with Gasteiger partial charge in [0.1, 0.15) is 0 Å². The lowest BCUT2D eigenvalue weighted by Crippen LogP contribution is -2.06. The van der Waals surface area contributed by atoms with Gasteiger partial charge in [0.25, 0.3) is 0 Å². The Morgan fingerprint density at radius 1 is 1.32 bits per heavy atom. The van der Waals surface area contributed by atoms with Gasteiger partial charge < -0.3 is 5.32 Å². The van der Waals surface area contributed by atoms with Crippen LogP contribution in [0.25, 0.3) is 0 Å². The Morgan fingerprint density at radius 3 is 2.79 bits per heavy atom. The van der Waals surface area contributed by atoms with Crippen molar-refractivity contribution in [3.63, 3.8) is 0 Å². The molecule has 0 saturated heterocycles. The van der Waals surface area contributed by atoms with Crippen LogP contribution in [0.2, 0.25) is 0 Å². The molecule has 1 atom stereocenters. The summed E-state index contributed by atoms with van der Waals surface area (Å²) in [6.07, 6.45) is 6.10. The van der Waals surface area contributed by atoms with Crippen molar-refractivity contribution in [3.05, 3.63) is 29.8 Å². The average Bonchev–Trinajstić information content (AvgIpc) is 3.01. The van der Waals surface area contributed by atoms with E-state index in [1.807, 2.05) is 22.6 Å². The molecule has 2 aromatic rings. The number of aryl methyl sites for hydroxylation is 2. The molecular weight excluding hydrogens is 238 g/mol. The summed E-state index contributed by atoms with van der Waals surface area (Å²) in [6, 6.07) is 2.53. The second-order valence-electron chi connectivity index (χ2n) is 4.91. The molecular formula is C14H23N5. The SMILES string of the molecule is CCc1nn(C)cc1NCc1ccn(C(C)CC)n1. The average molecular weight is 261 g/mol. The van der Waals surface area contributed by atoms with Crippen molar-refractivity contribution in [2.45, 2.75) is 46.2 Å². The molecule has 2 rings (SSSR count). The van der Waals surface area contributed by atoms with Crippen LogP contribution in [0.1, 0.15) is 44.6 Å². The summed E-state index contributed by atoms with van der Waals surface area (Å²) < 4.78 is 3.87. The molecule has 0 saturated carbocycles. The highest BCUT2D eigenvalue weighted by Gasteiger charge is 2.07. The molecule has 0 aromatic carbocycles.